The van der Waals surface area contributed by atoms with Gasteiger partial charge in [-0.3, -0.25) is 4.79 Å². The van der Waals surface area contributed by atoms with Crippen molar-refractivity contribution in [1.82, 2.24) is 14.7 Å². The minimum Gasteiger partial charge on any atom is -0.382 e. The number of carbonyl (C=O) groups is 1. The average Bonchev–Trinajstić information content (AvgIpc) is 2.88. The monoisotopic (exact) mass is 309 g/mol. The molecular formula is C14H13Cl2N3O. The molecule has 0 N–H and O–H groups in total. The molecule has 0 saturated carbocycles. The van der Waals surface area contributed by atoms with Gasteiger partial charge in [0.05, 0.1) is 5.02 Å². The third-order valence-electron chi connectivity index (χ3n) is 2.54. The number of hydrogen-bond acceptors (Lipinski definition) is 3. The van der Waals surface area contributed by atoms with E-state index in [4.69, 9.17) is 23.2 Å². The molecule has 4 nitrogen and oxygen atoms in total. The molecule has 2 aromatic rings. The van der Waals surface area contributed by atoms with Crippen LogP contribution in [0.15, 0.2) is 42.9 Å². The van der Waals surface area contributed by atoms with Crippen molar-refractivity contribution >= 4 is 34.7 Å². The van der Waals surface area contributed by atoms with Crippen molar-refractivity contribution < 1.29 is 4.79 Å². The third-order valence-corrected chi connectivity index (χ3v) is 3.09. The first-order chi connectivity index (χ1) is 9.49. The van der Waals surface area contributed by atoms with E-state index in [1.165, 1.54) is 4.68 Å². The summed E-state index contributed by atoms with van der Waals surface area (Å²) >= 11 is 11.9. The number of hydrogen-bond donors (Lipinski definition) is 0. The summed E-state index contributed by atoms with van der Waals surface area (Å²) in [7, 11) is 3.67. The lowest BCUT2D eigenvalue weighted by Crippen LogP contribution is -2.14. The molecule has 0 aliphatic rings. The van der Waals surface area contributed by atoms with Crippen LogP contribution in [0.2, 0.25) is 10.0 Å². The van der Waals surface area contributed by atoms with Gasteiger partial charge < -0.3 is 4.90 Å². The number of nitrogens with zero attached hydrogens (tertiary/aromatic N) is 3. The summed E-state index contributed by atoms with van der Waals surface area (Å²) in [6.45, 7) is 0. The van der Waals surface area contributed by atoms with E-state index < -0.39 is 0 Å². The van der Waals surface area contributed by atoms with Crippen LogP contribution in [-0.2, 0) is 0 Å². The highest BCUT2D eigenvalue weighted by Gasteiger charge is 2.18. The van der Waals surface area contributed by atoms with Crippen molar-refractivity contribution in [2.45, 2.75) is 0 Å². The van der Waals surface area contributed by atoms with Gasteiger partial charge in [-0.1, -0.05) is 23.2 Å². The zero-order chi connectivity index (χ0) is 14.7. The molecule has 20 heavy (non-hydrogen) atoms. The Kier molecular flexibility index (Phi) is 4.47. The summed E-state index contributed by atoms with van der Waals surface area (Å²) in [6, 6.07) is 6.55. The molecule has 0 radical (unpaired) electrons. The molecule has 1 aromatic heterocycles. The van der Waals surface area contributed by atoms with E-state index >= 15 is 0 Å². The van der Waals surface area contributed by atoms with E-state index in [1.807, 2.05) is 14.1 Å². The lowest BCUT2D eigenvalue weighted by Gasteiger charge is -2.12. The van der Waals surface area contributed by atoms with Gasteiger partial charge in [-0.05, 0) is 24.3 Å². The maximum Gasteiger partial charge on any atom is 0.214 e. The number of carbonyl (C=O) groups excluding carboxylic acids is 1. The zero-order valence-corrected chi connectivity index (χ0v) is 12.6. The summed E-state index contributed by atoms with van der Waals surface area (Å²) in [5, 5.41) is 4.90. The first kappa shape index (κ1) is 14.6. The molecule has 0 unspecified atom stereocenters. The molecule has 1 aromatic carbocycles. The molecule has 0 aliphatic carbocycles. The Bertz CT molecular complexity index is 648. The number of benzene rings is 1. The lowest BCUT2D eigenvalue weighted by atomic mass is 10.1. The van der Waals surface area contributed by atoms with Crippen LogP contribution in [0.25, 0.3) is 5.70 Å². The SMILES string of the molecule is CN(C)/C=C(/C(=O)c1ccc(Cl)cc1Cl)n1cccn1. The molecule has 0 spiro atoms. The van der Waals surface area contributed by atoms with Crippen LogP contribution in [0.3, 0.4) is 0 Å². The Morgan fingerprint density at radius 1 is 1.35 bits per heavy atom. The normalized spacial score (nSPS) is 11.5. The van der Waals surface area contributed by atoms with Gasteiger partial charge in [-0.25, -0.2) is 4.68 Å². The maximum atomic E-state index is 12.6. The highest BCUT2D eigenvalue weighted by Crippen LogP contribution is 2.24. The highest BCUT2D eigenvalue weighted by atomic mass is 35.5. The zero-order valence-electron chi connectivity index (χ0n) is 11.0. The summed E-state index contributed by atoms with van der Waals surface area (Å²) in [6.07, 6.45) is 5.01. The molecule has 0 aliphatic heterocycles. The Balaban J connectivity index is 2.47. The molecule has 104 valence electrons. The van der Waals surface area contributed by atoms with Crippen LogP contribution in [-0.4, -0.2) is 34.6 Å². The molecule has 2 rings (SSSR count). The Hall–Kier alpha value is -1.78. The van der Waals surface area contributed by atoms with Gasteiger partial charge in [-0.15, -0.1) is 0 Å². The molecule has 0 saturated heterocycles. The summed E-state index contributed by atoms with van der Waals surface area (Å²) in [4.78, 5) is 14.4. The molecule has 0 atom stereocenters. The van der Waals surface area contributed by atoms with E-state index in [0.717, 1.165) is 0 Å². The molecule has 0 fully saturated rings. The minimum atomic E-state index is -0.218. The van der Waals surface area contributed by atoms with Crippen molar-refractivity contribution in [3.63, 3.8) is 0 Å². The van der Waals surface area contributed by atoms with Crippen LogP contribution in [0, 0.1) is 0 Å². The summed E-state index contributed by atoms with van der Waals surface area (Å²) in [5.41, 5.74) is 0.795. The van der Waals surface area contributed by atoms with E-state index in [0.29, 0.717) is 21.3 Å². The van der Waals surface area contributed by atoms with E-state index in [1.54, 1.807) is 47.8 Å². The third kappa shape index (κ3) is 3.21. The van der Waals surface area contributed by atoms with Crippen LogP contribution in [0.4, 0.5) is 0 Å². The van der Waals surface area contributed by atoms with Gasteiger partial charge in [0.2, 0.25) is 5.78 Å². The first-order valence-electron chi connectivity index (χ1n) is 5.87. The van der Waals surface area contributed by atoms with E-state index in [-0.39, 0.29) is 5.78 Å². The van der Waals surface area contributed by atoms with E-state index in [9.17, 15) is 4.79 Å². The molecular weight excluding hydrogens is 297 g/mol. The van der Waals surface area contributed by atoms with Crippen molar-refractivity contribution in [2.24, 2.45) is 0 Å². The highest BCUT2D eigenvalue weighted by molar-refractivity contribution is 6.39. The second kappa shape index (κ2) is 6.11. The number of ketones is 1. The molecule has 1 heterocycles. The summed E-state index contributed by atoms with van der Waals surface area (Å²) in [5.74, 6) is -0.218. The fourth-order valence-electron chi connectivity index (χ4n) is 1.69. The fourth-order valence-corrected chi connectivity index (χ4v) is 2.18. The van der Waals surface area contributed by atoms with Gasteiger partial charge in [0.1, 0.15) is 5.70 Å². The average molecular weight is 310 g/mol. The number of allylic oxidation sites excluding steroid dienone is 1. The topological polar surface area (TPSA) is 38.1 Å². The van der Waals surface area contributed by atoms with Crippen LogP contribution in [0.1, 0.15) is 10.4 Å². The second-order valence-corrected chi connectivity index (χ2v) is 5.23. The van der Waals surface area contributed by atoms with Gasteiger partial charge in [-0.2, -0.15) is 5.10 Å². The smallest absolute Gasteiger partial charge is 0.214 e. The number of rotatable bonds is 4. The number of Topliss-reactive ketones (excluding diaryl/α,β-unsaturated/α-hetero) is 1. The Morgan fingerprint density at radius 3 is 2.65 bits per heavy atom. The largest absolute Gasteiger partial charge is 0.382 e. The second-order valence-electron chi connectivity index (χ2n) is 4.38. The Morgan fingerprint density at radius 2 is 2.10 bits per heavy atom. The number of halogens is 2. The molecule has 0 amide bonds. The van der Waals surface area contributed by atoms with Crippen molar-refractivity contribution in [3.05, 3.63) is 58.5 Å². The van der Waals surface area contributed by atoms with Gasteiger partial charge in [0.15, 0.2) is 0 Å². The minimum absolute atomic E-state index is 0.218. The van der Waals surface area contributed by atoms with Crippen LogP contribution >= 0.6 is 23.2 Å². The standard InChI is InChI=1S/C14H13Cl2N3O/c1-18(2)9-13(19-7-3-6-17-19)14(20)11-5-4-10(15)8-12(11)16/h3-9H,1-2H3/b13-9-. The predicted octanol–water partition coefficient (Wildman–Crippen LogP) is 3.43. The number of aromatic nitrogens is 2. The van der Waals surface area contributed by atoms with Crippen molar-refractivity contribution in [2.75, 3.05) is 14.1 Å². The first-order valence-corrected chi connectivity index (χ1v) is 6.62. The molecule has 0 bridgehead atoms. The molecule has 6 heteroatoms. The van der Waals surface area contributed by atoms with Crippen molar-refractivity contribution in [1.29, 1.82) is 0 Å². The van der Waals surface area contributed by atoms with Crippen LogP contribution in [0.5, 0.6) is 0 Å². The van der Waals surface area contributed by atoms with Gasteiger partial charge >= 0.3 is 0 Å². The van der Waals surface area contributed by atoms with E-state index in [2.05, 4.69) is 5.10 Å². The van der Waals surface area contributed by atoms with Gasteiger partial charge in [0.25, 0.3) is 0 Å². The predicted molar refractivity (Wildman–Crippen MR) is 81.0 cm³/mol. The van der Waals surface area contributed by atoms with Gasteiger partial charge in [0, 0.05) is 43.3 Å². The fraction of sp³-hybridized carbons (Fsp3) is 0.143. The van der Waals surface area contributed by atoms with Crippen molar-refractivity contribution in [3.8, 4) is 0 Å². The lowest BCUT2D eigenvalue weighted by molar-refractivity contribution is 0.104. The maximum absolute atomic E-state index is 12.6. The van der Waals surface area contributed by atoms with Crippen LogP contribution < -0.4 is 0 Å². The summed E-state index contributed by atoms with van der Waals surface area (Å²) < 4.78 is 1.51. The Labute approximate surface area is 127 Å². The quantitative estimate of drug-likeness (QED) is 0.641.